The molecule has 0 fully saturated rings. The zero-order valence-corrected chi connectivity index (χ0v) is 13.5. The van der Waals surface area contributed by atoms with Gasteiger partial charge < -0.3 is 9.05 Å². The van der Waals surface area contributed by atoms with Crippen LogP contribution in [0.1, 0.15) is 34.1 Å². The van der Waals surface area contributed by atoms with Gasteiger partial charge in [-0.25, -0.2) is 0 Å². The van der Waals surface area contributed by atoms with Crippen molar-refractivity contribution in [2.75, 3.05) is 19.0 Å². The third-order valence-electron chi connectivity index (χ3n) is 3.17. The van der Waals surface area contributed by atoms with Crippen LogP contribution in [0, 0.1) is 11.3 Å². The van der Waals surface area contributed by atoms with Gasteiger partial charge in [-0.05, 0) is 27.7 Å². The molecule has 19 heavy (non-hydrogen) atoms. The second-order valence-electron chi connectivity index (χ2n) is 4.46. The minimum Gasteiger partial charge on any atom is -0.307 e. The smallest absolute Gasteiger partial charge is 0.307 e. The largest absolute Gasteiger partial charge is 0.363 e. The van der Waals surface area contributed by atoms with Gasteiger partial charge in [0.2, 0.25) is 4.49 Å². The highest BCUT2D eigenvalue weighted by Crippen LogP contribution is 2.64. The summed E-state index contributed by atoms with van der Waals surface area (Å²) in [6.45, 7) is 7.40. The molecule has 0 saturated heterocycles. The number of hydrogen-bond donors (Lipinski definition) is 0. The number of allylic oxidation sites excluding steroid dienone is 1. The Bertz CT molecular complexity index is 486. The van der Waals surface area contributed by atoms with Crippen LogP contribution in [0.4, 0.5) is 0 Å². The van der Waals surface area contributed by atoms with E-state index in [9.17, 15) is 14.0 Å². The standard InChI is InChI=1S/C12H20NO4PS/c1-5-16-18(14,17-6-2)12(9-13)7-10(3)11(4)8-19(12)15/h5-8H2,1-4H3. The molecule has 0 aromatic carbocycles. The monoisotopic (exact) mass is 305 g/mol. The average Bonchev–Trinajstić information content (AvgIpc) is 2.34. The van der Waals surface area contributed by atoms with E-state index < -0.39 is 22.9 Å². The van der Waals surface area contributed by atoms with Crippen molar-refractivity contribution in [2.45, 2.75) is 38.6 Å². The van der Waals surface area contributed by atoms with Crippen molar-refractivity contribution < 1.29 is 17.8 Å². The Labute approximate surface area is 117 Å². The van der Waals surface area contributed by atoms with Crippen molar-refractivity contribution in [3.05, 3.63) is 11.1 Å². The first kappa shape index (κ1) is 16.6. The van der Waals surface area contributed by atoms with Gasteiger partial charge in [-0.1, -0.05) is 11.1 Å². The number of nitrogens with zero attached hydrogens (tertiary/aromatic N) is 1. The van der Waals surface area contributed by atoms with Crippen LogP contribution in [0.15, 0.2) is 11.1 Å². The second-order valence-corrected chi connectivity index (χ2v) is 8.71. The molecule has 2 unspecified atom stereocenters. The Morgan fingerprint density at radius 2 is 1.84 bits per heavy atom. The maximum Gasteiger partial charge on any atom is 0.363 e. The van der Waals surface area contributed by atoms with Gasteiger partial charge in [0.1, 0.15) is 0 Å². The Kier molecular flexibility index (Phi) is 5.52. The van der Waals surface area contributed by atoms with Gasteiger partial charge in [0.05, 0.1) is 30.1 Å². The van der Waals surface area contributed by atoms with Crippen LogP contribution >= 0.6 is 7.60 Å². The first-order valence-corrected chi connectivity index (χ1v) is 9.07. The van der Waals surface area contributed by atoms with E-state index in [4.69, 9.17) is 9.05 Å². The highest BCUT2D eigenvalue weighted by molar-refractivity contribution is 7.95. The Balaban J connectivity index is 3.35. The summed E-state index contributed by atoms with van der Waals surface area (Å²) in [5.41, 5.74) is 1.91. The normalized spacial score (nSPS) is 28.3. The van der Waals surface area contributed by atoms with Gasteiger partial charge in [0.15, 0.2) is 0 Å². The number of hydrogen-bond acceptors (Lipinski definition) is 5. The summed E-state index contributed by atoms with van der Waals surface area (Å²) in [5, 5.41) is 9.51. The van der Waals surface area contributed by atoms with Gasteiger partial charge in [0.25, 0.3) is 0 Å². The maximum absolute atomic E-state index is 12.9. The van der Waals surface area contributed by atoms with Crippen LogP contribution in [0.5, 0.6) is 0 Å². The second kappa shape index (κ2) is 6.32. The lowest BCUT2D eigenvalue weighted by Gasteiger charge is -2.35. The minimum absolute atomic E-state index is 0.152. The minimum atomic E-state index is -3.74. The van der Waals surface area contributed by atoms with E-state index >= 15 is 0 Å². The molecule has 0 N–H and O–H groups in total. The Morgan fingerprint density at radius 1 is 1.32 bits per heavy atom. The summed E-state index contributed by atoms with van der Waals surface area (Å²) in [4.78, 5) is 0. The van der Waals surface area contributed by atoms with Gasteiger partial charge in [-0.2, -0.15) is 5.26 Å². The molecule has 0 radical (unpaired) electrons. The van der Waals surface area contributed by atoms with Crippen molar-refractivity contribution >= 4 is 18.4 Å². The Hall–Kier alpha value is -0.470. The molecule has 108 valence electrons. The summed E-state index contributed by atoms with van der Waals surface area (Å²) in [7, 11) is -5.33. The molecule has 2 atom stereocenters. The van der Waals surface area contributed by atoms with Crippen molar-refractivity contribution in [3.8, 4) is 6.07 Å². The lowest BCUT2D eigenvalue weighted by Crippen LogP contribution is -2.39. The maximum atomic E-state index is 12.9. The summed E-state index contributed by atoms with van der Waals surface area (Å²) in [6, 6.07) is 1.98. The van der Waals surface area contributed by atoms with E-state index in [1.54, 1.807) is 13.8 Å². The molecule has 0 saturated carbocycles. The molecule has 1 rings (SSSR count). The Morgan fingerprint density at radius 3 is 2.26 bits per heavy atom. The lowest BCUT2D eigenvalue weighted by molar-refractivity contribution is 0.212. The molecule has 0 aromatic heterocycles. The molecule has 0 bridgehead atoms. The quantitative estimate of drug-likeness (QED) is 0.576. The van der Waals surface area contributed by atoms with Crippen molar-refractivity contribution in [2.24, 2.45) is 0 Å². The van der Waals surface area contributed by atoms with Crippen LogP contribution in [0.25, 0.3) is 0 Å². The van der Waals surface area contributed by atoms with Crippen LogP contribution in [-0.4, -0.2) is 27.7 Å². The molecular weight excluding hydrogens is 285 g/mol. The molecular formula is C12H20NO4PS. The predicted octanol–water partition coefficient (Wildman–Crippen LogP) is 2.96. The zero-order chi connectivity index (χ0) is 14.7. The van der Waals surface area contributed by atoms with Gasteiger partial charge in [-0.15, -0.1) is 0 Å². The fraction of sp³-hybridized carbons (Fsp3) is 0.750. The topological polar surface area (TPSA) is 76.4 Å². The summed E-state index contributed by atoms with van der Waals surface area (Å²) in [6.07, 6.45) is 0.166. The van der Waals surface area contributed by atoms with E-state index in [2.05, 4.69) is 0 Å². The van der Waals surface area contributed by atoms with Crippen LogP contribution in [0.3, 0.4) is 0 Å². The zero-order valence-electron chi connectivity index (χ0n) is 11.8. The van der Waals surface area contributed by atoms with E-state index in [-0.39, 0.29) is 25.4 Å². The molecule has 5 nitrogen and oxygen atoms in total. The molecule has 1 heterocycles. The fourth-order valence-corrected chi connectivity index (χ4v) is 6.58. The SMILES string of the molecule is CCOP(=O)(OCC)C1(C#N)CC(C)=C(C)CS1=O. The third-order valence-corrected chi connectivity index (χ3v) is 8.48. The molecule has 0 spiro atoms. The van der Waals surface area contributed by atoms with E-state index in [0.29, 0.717) is 0 Å². The molecule has 0 aliphatic carbocycles. The molecule has 0 amide bonds. The van der Waals surface area contributed by atoms with E-state index in [1.165, 1.54) is 0 Å². The average molecular weight is 305 g/mol. The van der Waals surface area contributed by atoms with Crippen LogP contribution in [0.2, 0.25) is 0 Å². The molecule has 0 aromatic rings. The first-order chi connectivity index (χ1) is 8.86. The third kappa shape index (κ3) is 2.85. The van der Waals surface area contributed by atoms with Crippen molar-refractivity contribution in [1.82, 2.24) is 0 Å². The highest BCUT2D eigenvalue weighted by atomic mass is 32.2. The molecule has 7 heteroatoms. The number of nitriles is 1. The fourth-order valence-electron chi connectivity index (χ4n) is 1.99. The molecule has 1 aliphatic rings. The summed E-state index contributed by atoms with van der Waals surface area (Å²) >= 11 is 0. The van der Waals surface area contributed by atoms with E-state index in [0.717, 1.165) is 11.1 Å². The van der Waals surface area contributed by atoms with Gasteiger partial charge in [0, 0.05) is 12.2 Å². The van der Waals surface area contributed by atoms with Crippen LogP contribution in [-0.2, 0) is 24.4 Å². The number of rotatable bonds is 5. The highest BCUT2D eigenvalue weighted by Gasteiger charge is 2.58. The lowest BCUT2D eigenvalue weighted by atomic mass is 10.1. The van der Waals surface area contributed by atoms with Crippen LogP contribution < -0.4 is 0 Å². The summed E-state index contributed by atoms with van der Waals surface area (Å²) in [5.74, 6) is 0.240. The van der Waals surface area contributed by atoms with Crippen molar-refractivity contribution in [1.29, 1.82) is 5.26 Å². The first-order valence-electron chi connectivity index (χ1n) is 6.21. The van der Waals surface area contributed by atoms with Gasteiger partial charge in [-0.3, -0.25) is 8.77 Å². The summed E-state index contributed by atoms with van der Waals surface area (Å²) < 4.78 is 34.2. The predicted molar refractivity (Wildman–Crippen MR) is 75.2 cm³/mol. The molecule has 1 aliphatic heterocycles. The van der Waals surface area contributed by atoms with E-state index in [1.807, 2.05) is 19.9 Å². The van der Waals surface area contributed by atoms with Gasteiger partial charge >= 0.3 is 7.60 Å². The van der Waals surface area contributed by atoms with Crippen molar-refractivity contribution in [3.63, 3.8) is 0 Å².